The second-order valence-corrected chi connectivity index (χ2v) is 15.8. The average molecular weight is 802 g/mol. The van der Waals surface area contributed by atoms with Crippen LogP contribution in [-0.2, 0) is 40.0 Å². The van der Waals surface area contributed by atoms with Crippen molar-refractivity contribution in [3.8, 4) is 12.1 Å². The summed E-state index contributed by atoms with van der Waals surface area (Å²) in [6.07, 6.45) is 12.8. The normalized spacial score (nSPS) is 21.2. The van der Waals surface area contributed by atoms with Gasteiger partial charge in [-0.3, -0.25) is 9.05 Å². The molecule has 14 nitrogen and oxygen atoms in total. The van der Waals surface area contributed by atoms with Crippen LogP contribution >= 0.6 is 7.82 Å². The van der Waals surface area contributed by atoms with Gasteiger partial charge >= 0.3 is 7.82 Å². The number of benzene rings is 1. The van der Waals surface area contributed by atoms with E-state index in [1.54, 1.807) is 13.0 Å². The van der Waals surface area contributed by atoms with Crippen LogP contribution in [0, 0.1) is 35.4 Å². The van der Waals surface area contributed by atoms with Gasteiger partial charge in [0, 0.05) is 12.2 Å². The lowest BCUT2D eigenvalue weighted by atomic mass is 9.92. The molecule has 1 aliphatic rings. The van der Waals surface area contributed by atoms with Gasteiger partial charge in [0.2, 0.25) is 5.60 Å². The van der Waals surface area contributed by atoms with E-state index in [4.69, 9.17) is 28.5 Å². The van der Waals surface area contributed by atoms with Crippen molar-refractivity contribution in [1.29, 1.82) is 10.5 Å². The van der Waals surface area contributed by atoms with Crippen LogP contribution in [0.4, 0.5) is 4.39 Å². The molecule has 1 saturated heterocycles. The Labute approximate surface area is 329 Å². The van der Waals surface area contributed by atoms with Gasteiger partial charge in [-0.15, -0.1) is 0 Å². The minimum absolute atomic E-state index is 0.0219. The molecule has 3 aromatic rings. The number of nitrogens with zero attached hydrogens (tertiary/aromatic N) is 5. The molecule has 0 amide bonds. The molecule has 0 aliphatic carbocycles. The number of hydrogen-bond donors (Lipinski definition) is 3. The highest BCUT2D eigenvalue weighted by Gasteiger charge is 2.58. The number of unbranched alkanes of at least 4 members (excludes halogenated alkanes) is 13. The third kappa shape index (κ3) is 13.1. The second-order valence-electron chi connectivity index (χ2n) is 14.4. The van der Waals surface area contributed by atoms with Gasteiger partial charge < -0.3 is 29.3 Å². The first-order chi connectivity index (χ1) is 27.0. The first kappa shape index (κ1) is 45.4. The van der Waals surface area contributed by atoms with Crippen LogP contribution in [0.5, 0.6) is 0 Å². The summed E-state index contributed by atoms with van der Waals surface area (Å²) in [4.78, 5) is 14.7. The van der Waals surface area contributed by atoms with E-state index in [1.807, 2.05) is 12.1 Å². The molecular weight excluding hydrogens is 744 g/mol. The van der Waals surface area contributed by atoms with E-state index in [9.17, 15) is 29.3 Å². The Balaban J connectivity index is 1.23. The van der Waals surface area contributed by atoms with Gasteiger partial charge in [0.05, 0.1) is 55.0 Å². The number of aromatic nitrogens is 3. The van der Waals surface area contributed by atoms with Crippen molar-refractivity contribution in [1.82, 2.24) is 14.6 Å². The molecule has 2 aromatic heterocycles. The van der Waals surface area contributed by atoms with E-state index >= 15 is 0 Å². The van der Waals surface area contributed by atoms with E-state index in [1.165, 1.54) is 99.7 Å². The van der Waals surface area contributed by atoms with E-state index in [2.05, 4.69) is 17.0 Å². The summed E-state index contributed by atoms with van der Waals surface area (Å²) in [5.41, 5.74) is -0.458. The summed E-state index contributed by atoms with van der Waals surface area (Å²) in [6.45, 7) is 2.97. The summed E-state index contributed by atoms with van der Waals surface area (Å²) >= 11 is 0. The molecule has 1 unspecified atom stereocenters. The predicted octanol–water partition coefficient (Wildman–Crippen LogP) is 7.10. The van der Waals surface area contributed by atoms with Gasteiger partial charge in [-0.25, -0.2) is 18.5 Å². The third-order valence-electron chi connectivity index (χ3n) is 10.1. The first-order valence-corrected chi connectivity index (χ1v) is 21.3. The van der Waals surface area contributed by atoms with Gasteiger partial charge in [-0.05, 0) is 37.6 Å². The largest absolute Gasteiger partial charge is 0.472 e. The van der Waals surface area contributed by atoms with Crippen molar-refractivity contribution in [2.24, 2.45) is 0 Å². The van der Waals surface area contributed by atoms with Gasteiger partial charge in [0.15, 0.2) is 0 Å². The van der Waals surface area contributed by atoms with Crippen LogP contribution < -0.4 is 0 Å². The second kappa shape index (κ2) is 23.2. The topological polar surface area (TPSA) is 202 Å². The standard InChI is InChI=1S/C40H57FN5O9P/c1-3-4-5-6-7-8-9-10-11-12-13-14-15-16-21-51-25-33(52-24-32-18-17-31(23-42)22-34(32)41)26-53-56(49,50)54-27-36-38(47)39(48)40(28-43,55-36)37-20-19-35-30(2)44-29-45-46(35)37/h17-20,22,29,33,36,38-39,47-48H,3-16,21,24-27H2,1-2H3,(H,49,50)/t33-,36-,38-,39-,40+/m1/s1. The average Bonchev–Trinajstić information content (AvgIpc) is 3.74. The van der Waals surface area contributed by atoms with Crippen LogP contribution in [-0.4, -0.2) is 80.5 Å². The lowest BCUT2D eigenvalue weighted by Gasteiger charge is -2.24. The number of halogens is 1. The lowest BCUT2D eigenvalue weighted by molar-refractivity contribution is -0.0691. The molecule has 1 fully saturated rings. The number of aliphatic hydroxyl groups excluding tert-OH is 2. The van der Waals surface area contributed by atoms with Gasteiger partial charge in [-0.2, -0.15) is 15.6 Å². The molecule has 3 N–H and O–H groups in total. The molecule has 3 heterocycles. The molecule has 0 radical (unpaired) electrons. The number of fused-ring (bicyclic) bond motifs is 1. The zero-order valence-corrected chi connectivity index (χ0v) is 33.5. The number of ether oxygens (including phenoxy) is 3. The maximum absolute atomic E-state index is 14.6. The number of phosphoric acid groups is 1. The maximum Gasteiger partial charge on any atom is 0.472 e. The fraction of sp³-hybridized carbons (Fsp3) is 0.650. The fourth-order valence-electron chi connectivity index (χ4n) is 6.74. The van der Waals surface area contributed by atoms with Crippen molar-refractivity contribution in [2.45, 2.75) is 140 Å². The Morgan fingerprint density at radius 1 is 0.964 bits per heavy atom. The van der Waals surface area contributed by atoms with E-state index in [0.717, 1.165) is 25.3 Å². The predicted molar refractivity (Wildman–Crippen MR) is 204 cm³/mol. The highest BCUT2D eigenvalue weighted by atomic mass is 31.2. The van der Waals surface area contributed by atoms with Crippen molar-refractivity contribution < 1.29 is 47.3 Å². The minimum Gasteiger partial charge on any atom is -0.387 e. The number of rotatable bonds is 27. The van der Waals surface area contributed by atoms with E-state index in [0.29, 0.717) is 17.8 Å². The third-order valence-corrected chi connectivity index (χ3v) is 11.0. The molecule has 0 spiro atoms. The van der Waals surface area contributed by atoms with E-state index < -0.39 is 56.9 Å². The molecule has 0 saturated carbocycles. The van der Waals surface area contributed by atoms with Crippen molar-refractivity contribution in [2.75, 3.05) is 26.4 Å². The van der Waals surface area contributed by atoms with Crippen LogP contribution in [0.3, 0.4) is 0 Å². The van der Waals surface area contributed by atoms with Crippen LogP contribution in [0.15, 0.2) is 36.7 Å². The number of nitriles is 2. The molecule has 1 aromatic carbocycles. The Kier molecular flexibility index (Phi) is 18.8. The molecule has 308 valence electrons. The molecule has 16 heteroatoms. The SMILES string of the molecule is CCCCCCCCCCCCCCCCOC[C@H](COP(=O)(O)OC[C@H]1O[C@@](C#N)(c2ccc3c(C)ncnn23)[C@H](O)[C@@H]1O)OCc1ccc(C#N)cc1F. The summed E-state index contributed by atoms with van der Waals surface area (Å²) in [5.74, 6) is -0.635. The fourth-order valence-corrected chi connectivity index (χ4v) is 7.50. The monoisotopic (exact) mass is 801 g/mol. The molecule has 1 aliphatic heterocycles. The molecular formula is C40H57FN5O9P. The summed E-state index contributed by atoms with van der Waals surface area (Å²) in [7, 11) is -4.82. The molecule has 6 atom stereocenters. The Bertz CT molecular complexity index is 1780. The van der Waals surface area contributed by atoms with Crippen molar-refractivity contribution in [3.63, 3.8) is 0 Å². The Hall–Kier alpha value is -3.34. The van der Waals surface area contributed by atoms with Gasteiger partial charge in [0.25, 0.3) is 0 Å². The first-order valence-electron chi connectivity index (χ1n) is 19.8. The van der Waals surface area contributed by atoms with E-state index in [-0.39, 0.29) is 30.0 Å². The number of aryl methyl sites for hydroxylation is 1. The maximum atomic E-state index is 14.6. The number of phosphoric ester groups is 1. The lowest BCUT2D eigenvalue weighted by Crippen LogP contribution is -2.41. The van der Waals surface area contributed by atoms with Crippen LogP contribution in [0.1, 0.15) is 119 Å². The van der Waals surface area contributed by atoms with Crippen molar-refractivity contribution in [3.05, 3.63) is 65.0 Å². The van der Waals surface area contributed by atoms with Crippen LogP contribution in [0.2, 0.25) is 0 Å². The molecule has 4 rings (SSSR count). The minimum atomic E-state index is -4.82. The number of hydrogen-bond acceptors (Lipinski definition) is 12. The highest BCUT2D eigenvalue weighted by molar-refractivity contribution is 7.47. The van der Waals surface area contributed by atoms with Gasteiger partial charge in [0.1, 0.15) is 42.6 Å². The van der Waals surface area contributed by atoms with Gasteiger partial charge in [-0.1, -0.05) is 96.5 Å². The molecule has 56 heavy (non-hydrogen) atoms. The highest BCUT2D eigenvalue weighted by Crippen LogP contribution is 2.46. The van der Waals surface area contributed by atoms with Crippen molar-refractivity contribution >= 4 is 13.3 Å². The smallest absolute Gasteiger partial charge is 0.387 e. The number of aliphatic hydroxyl groups is 2. The Morgan fingerprint density at radius 2 is 1.62 bits per heavy atom. The van der Waals surface area contributed by atoms with Crippen LogP contribution in [0.25, 0.3) is 5.52 Å². The quantitative estimate of drug-likeness (QED) is 0.0521. The summed E-state index contributed by atoms with van der Waals surface area (Å²) in [6, 6.07) is 10.9. The summed E-state index contributed by atoms with van der Waals surface area (Å²) in [5, 5.41) is 45.2. The Morgan fingerprint density at radius 3 is 2.25 bits per heavy atom. The molecule has 0 bridgehead atoms. The zero-order valence-electron chi connectivity index (χ0n) is 32.6. The zero-order chi connectivity index (χ0) is 40.4. The summed E-state index contributed by atoms with van der Waals surface area (Å²) < 4.78 is 56.8.